The van der Waals surface area contributed by atoms with Crippen molar-refractivity contribution in [1.82, 2.24) is 19.9 Å². The van der Waals surface area contributed by atoms with Gasteiger partial charge in [-0.15, -0.1) is 0 Å². The van der Waals surface area contributed by atoms with Gasteiger partial charge in [-0.25, -0.2) is 9.97 Å². The fourth-order valence-corrected chi connectivity index (χ4v) is 2.84. The number of nitrogens with one attached hydrogen (secondary N) is 1. The first kappa shape index (κ1) is 12.6. The molecule has 0 aliphatic carbocycles. The molecule has 102 valence electrons. The number of aliphatic hydroxyl groups is 1. The lowest BCUT2D eigenvalue weighted by Crippen LogP contribution is -2.30. The Morgan fingerprint density at radius 2 is 2.21 bits per heavy atom. The molecule has 0 atom stereocenters. The van der Waals surface area contributed by atoms with Crippen LogP contribution in [0.4, 0.5) is 0 Å². The molecule has 0 bridgehead atoms. The van der Waals surface area contributed by atoms with Crippen LogP contribution in [0.2, 0.25) is 0 Å². The second-order valence-electron chi connectivity index (χ2n) is 5.05. The van der Waals surface area contributed by atoms with Crippen molar-refractivity contribution in [3.8, 4) is 0 Å². The highest BCUT2D eigenvalue weighted by Gasteiger charge is 2.21. The van der Waals surface area contributed by atoms with Crippen molar-refractivity contribution >= 4 is 11.2 Å². The maximum atomic E-state index is 9.04. The molecular formula is C14H20N4O. The smallest absolute Gasteiger partial charge is 0.160 e. The lowest BCUT2D eigenvalue weighted by Gasteiger charge is -2.25. The highest BCUT2D eigenvalue weighted by Crippen LogP contribution is 2.26. The molecule has 3 rings (SSSR count). The maximum Gasteiger partial charge on any atom is 0.160 e. The molecule has 1 fully saturated rings. The molecule has 5 nitrogen and oxygen atoms in total. The van der Waals surface area contributed by atoms with Crippen LogP contribution in [-0.2, 0) is 6.42 Å². The van der Waals surface area contributed by atoms with Gasteiger partial charge >= 0.3 is 0 Å². The predicted molar refractivity (Wildman–Crippen MR) is 74.1 cm³/mol. The second kappa shape index (κ2) is 5.67. The number of nitrogens with zero attached hydrogens (tertiary/aromatic N) is 3. The lowest BCUT2D eigenvalue weighted by atomic mass is 10.1. The molecule has 0 radical (unpaired) electrons. The van der Waals surface area contributed by atoms with Crippen molar-refractivity contribution < 1.29 is 5.11 Å². The molecule has 0 amide bonds. The molecule has 2 N–H and O–H groups in total. The molecule has 0 aromatic carbocycles. The van der Waals surface area contributed by atoms with Crippen LogP contribution < -0.4 is 5.32 Å². The molecule has 3 heterocycles. The Kier molecular flexibility index (Phi) is 3.75. The maximum absolute atomic E-state index is 9.04. The van der Waals surface area contributed by atoms with E-state index in [9.17, 15) is 0 Å². The van der Waals surface area contributed by atoms with Crippen molar-refractivity contribution in [3.63, 3.8) is 0 Å². The molecule has 0 saturated carbocycles. The number of pyridine rings is 1. The number of rotatable bonds is 4. The number of hydrogen-bond acceptors (Lipinski definition) is 4. The average molecular weight is 260 g/mol. The standard InChI is InChI=1S/C14H20N4O/c19-10-2-4-13-17-12-3-1-7-16-14(12)18(13)11-5-8-15-9-6-11/h1,3,7,11,15,19H,2,4-6,8-10H2. The van der Waals surface area contributed by atoms with E-state index < -0.39 is 0 Å². The van der Waals surface area contributed by atoms with Crippen LogP contribution in [0.15, 0.2) is 18.3 Å². The number of fused-ring (bicyclic) bond motifs is 1. The van der Waals surface area contributed by atoms with Gasteiger partial charge < -0.3 is 15.0 Å². The third-order valence-corrected chi connectivity index (χ3v) is 3.75. The zero-order chi connectivity index (χ0) is 13.1. The first-order valence-corrected chi connectivity index (χ1v) is 7.03. The molecule has 19 heavy (non-hydrogen) atoms. The van der Waals surface area contributed by atoms with E-state index in [0.29, 0.717) is 6.04 Å². The van der Waals surface area contributed by atoms with Crippen molar-refractivity contribution in [1.29, 1.82) is 0 Å². The van der Waals surface area contributed by atoms with Crippen LogP contribution in [0.1, 0.15) is 31.1 Å². The van der Waals surface area contributed by atoms with E-state index in [0.717, 1.165) is 55.8 Å². The van der Waals surface area contributed by atoms with Gasteiger partial charge in [-0.3, -0.25) is 0 Å². The fraction of sp³-hybridized carbons (Fsp3) is 0.571. The molecule has 1 saturated heterocycles. The van der Waals surface area contributed by atoms with Crippen LogP contribution in [0.25, 0.3) is 11.2 Å². The van der Waals surface area contributed by atoms with Gasteiger partial charge in [0.1, 0.15) is 11.3 Å². The number of aryl methyl sites for hydroxylation is 1. The number of aliphatic hydroxyl groups excluding tert-OH is 1. The van der Waals surface area contributed by atoms with Crippen LogP contribution in [0, 0.1) is 0 Å². The summed E-state index contributed by atoms with van der Waals surface area (Å²) >= 11 is 0. The Labute approximate surface area is 112 Å². The summed E-state index contributed by atoms with van der Waals surface area (Å²) in [6, 6.07) is 4.43. The molecule has 0 spiro atoms. The number of aromatic nitrogens is 3. The van der Waals surface area contributed by atoms with E-state index >= 15 is 0 Å². The largest absolute Gasteiger partial charge is 0.396 e. The monoisotopic (exact) mass is 260 g/mol. The zero-order valence-corrected chi connectivity index (χ0v) is 11.0. The summed E-state index contributed by atoms with van der Waals surface area (Å²) in [5.74, 6) is 1.06. The normalized spacial score (nSPS) is 17.1. The quantitative estimate of drug-likeness (QED) is 0.869. The van der Waals surface area contributed by atoms with Gasteiger partial charge in [-0.2, -0.15) is 0 Å². The predicted octanol–water partition coefficient (Wildman–Crippen LogP) is 1.28. The molecule has 1 aliphatic rings. The first-order valence-electron chi connectivity index (χ1n) is 7.03. The van der Waals surface area contributed by atoms with Crippen LogP contribution in [-0.4, -0.2) is 39.3 Å². The third kappa shape index (κ3) is 2.48. The van der Waals surface area contributed by atoms with E-state index in [1.807, 2.05) is 18.3 Å². The van der Waals surface area contributed by atoms with Crippen molar-refractivity contribution in [2.75, 3.05) is 19.7 Å². The van der Waals surface area contributed by atoms with Gasteiger partial charge in [0.2, 0.25) is 0 Å². The summed E-state index contributed by atoms with van der Waals surface area (Å²) in [5.41, 5.74) is 1.95. The Hall–Kier alpha value is -1.46. The summed E-state index contributed by atoms with van der Waals surface area (Å²) in [7, 11) is 0. The number of piperidine rings is 1. The summed E-state index contributed by atoms with van der Waals surface area (Å²) in [6.45, 7) is 2.32. The van der Waals surface area contributed by atoms with Gasteiger partial charge in [0.05, 0.1) is 0 Å². The van der Waals surface area contributed by atoms with E-state index in [-0.39, 0.29) is 6.61 Å². The van der Waals surface area contributed by atoms with E-state index in [1.54, 1.807) is 0 Å². The lowest BCUT2D eigenvalue weighted by molar-refractivity contribution is 0.285. The minimum atomic E-state index is 0.211. The van der Waals surface area contributed by atoms with E-state index in [2.05, 4.69) is 14.9 Å². The fourth-order valence-electron chi connectivity index (χ4n) is 2.84. The Bertz CT molecular complexity index is 545. The Morgan fingerprint density at radius 1 is 1.37 bits per heavy atom. The minimum Gasteiger partial charge on any atom is -0.396 e. The van der Waals surface area contributed by atoms with Crippen molar-refractivity contribution in [3.05, 3.63) is 24.2 Å². The third-order valence-electron chi connectivity index (χ3n) is 3.75. The van der Waals surface area contributed by atoms with Crippen LogP contribution in [0.3, 0.4) is 0 Å². The summed E-state index contributed by atoms with van der Waals surface area (Å²) in [4.78, 5) is 9.20. The molecular weight excluding hydrogens is 240 g/mol. The van der Waals surface area contributed by atoms with Crippen LogP contribution in [0.5, 0.6) is 0 Å². The topological polar surface area (TPSA) is 63.0 Å². The van der Waals surface area contributed by atoms with E-state index in [4.69, 9.17) is 10.1 Å². The summed E-state index contributed by atoms with van der Waals surface area (Å²) < 4.78 is 2.30. The molecule has 1 aliphatic heterocycles. The molecule has 5 heteroatoms. The average Bonchev–Trinajstić information content (AvgIpc) is 2.84. The van der Waals surface area contributed by atoms with Crippen molar-refractivity contribution in [2.24, 2.45) is 0 Å². The van der Waals surface area contributed by atoms with Gasteiger partial charge in [-0.05, 0) is 44.5 Å². The Morgan fingerprint density at radius 3 is 3.00 bits per heavy atom. The molecule has 0 unspecified atom stereocenters. The number of imidazole rings is 1. The van der Waals surface area contributed by atoms with Gasteiger partial charge in [0.15, 0.2) is 5.65 Å². The van der Waals surface area contributed by atoms with Gasteiger partial charge in [-0.1, -0.05) is 0 Å². The van der Waals surface area contributed by atoms with Crippen molar-refractivity contribution in [2.45, 2.75) is 31.7 Å². The summed E-state index contributed by atoms with van der Waals surface area (Å²) in [5, 5.41) is 12.4. The number of hydrogen-bond donors (Lipinski definition) is 2. The summed E-state index contributed by atoms with van der Waals surface area (Å²) in [6.07, 6.45) is 5.64. The van der Waals surface area contributed by atoms with Crippen LogP contribution >= 0.6 is 0 Å². The Balaban J connectivity index is 2.01. The molecule has 2 aromatic heterocycles. The van der Waals surface area contributed by atoms with Gasteiger partial charge in [0.25, 0.3) is 0 Å². The zero-order valence-electron chi connectivity index (χ0n) is 11.0. The highest BCUT2D eigenvalue weighted by atomic mass is 16.2. The second-order valence-corrected chi connectivity index (χ2v) is 5.05. The SMILES string of the molecule is OCCCc1nc2cccnc2n1C1CCNCC1. The minimum absolute atomic E-state index is 0.211. The molecule has 2 aromatic rings. The van der Waals surface area contributed by atoms with Gasteiger partial charge in [0, 0.05) is 25.3 Å². The van der Waals surface area contributed by atoms with E-state index in [1.165, 1.54) is 0 Å². The highest BCUT2D eigenvalue weighted by molar-refractivity contribution is 5.71. The first-order chi connectivity index (χ1) is 9.40.